The third-order valence-electron chi connectivity index (χ3n) is 6.92. The van der Waals surface area contributed by atoms with Crippen LogP contribution < -0.4 is 5.32 Å². The number of nitrogens with one attached hydrogen (secondary N) is 1. The van der Waals surface area contributed by atoms with Gasteiger partial charge in [-0.3, -0.25) is 9.69 Å². The molecule has 0 bridgehead atoms. The highest BCUT2D eigenvalue weighted by Crippen LogP contribution is 2.24. The number of carbonyl (C=O) groups excluding carboxylic acids is 2. The highest BCUT2D eigenvalue weighted by Gasteiger charge is 2.32. The van der Waals surface area contributed by atoms with Gasteiger partial charge < -0.3 is 19.9 Å². The molecule has 0 aliphatic carbocycles. The Hall–Kier alpha value is -2.61. The van der Waals surface area contributed by atoms with Crippen LogP contribution >= 0.6 is 11.6 Å². The van der Waals surface area contributed by atoms with Crippen molar-refractivity contribution in [2.75, 3.05) is 45.8 Å². The van der Waals surface area contributed by atoms with E-state index in [1.807, 2.05) is 43.9 Å². The molecule has 2 aromatic carbocycles. The Kier molecular flexibility index (Phi) is 11.0. The Morgan fingerprint density at radius 2 is 1.58 bits per heavy atom. The molecule has 8 heteroatoms. The van der Waals surface area contributed by atoms with Crippen LogP contribution in [-0.4, -0.2) is 84.2 Å². The molecule has 2 amide bonds. The number of carbonyl (C=O) groups is 2. The molecule has 38 heavy (non-hydrogen) atoms. The molecule has 1 unspecified atom stereocenters. The summed E-state index contributed by atoms with van der Waals surface area (Å²) in [5, 5.41) is 3.46. The van der Waals surface area contributed by atoms with Gasteiger partial charge in [0.1, 0.15) is 11.6 Å². The lowest BCUT2D eigenvalue weighted by Crippen LogP contribution is -2.57. The number of ether oxygens (including phenoxy) is 1. The summed E-state index contributed by atoms with van der Waals surface area (Å²) >= 11 is 6.05. The maximum Gasteiger partial charge on any atom is 0.408 e. The molecule has 1 heterocycles. The smallest absolute Gasteiger partial charge is 0.408 e. The second kappa shape index (κ2) is 14.0. The van der Waals surface area contributed by atoms with Crippen LogP contribution in [0, 0.1) is 0 Å². The summed E-state index contributed by atoms with van der Waals surface area (Å²) in [6.45, 7) is 15.5. The number of hydrogen-bond donors (Lipinski definition) is 1. The molecule has 0 aromatic heterocycles. The van der Waals surface area contributed by atoms with E-state index in [4.69, 9.17) is 16.3 Å². The van der Waals surface area contributed by atoms with Crippen molar-refractivity contribution in [3.8, 4) is 0 Å². The first-order chi connectivity index (χ1) is 18.1. The lowest BCUT2D eigenvalue weighted by atomic mass is 10.0. The third kappa shape index (κ3) is 9.00. The van der Waals surface area contributed by atoms with E-state index in [0.717, 1.165) is 38.3 Å². The highest BCUT2D eigenvalue weighted by molar-refractivity contribution is 6.30. The average molecular weight is 543 g/mol. The van der Waals surface area contributed by atoms with Gasteiger partial charge in [0.05, 0.1) is 0 Å². The Morgan fingerprint density at radius 1 is 0.974 bits per heavy atom. The number of benzene rings is 2. The molecule has 0 spiro atoms. The SMILES string of the molecule is CCN(CC)CC(c1ccccc1)N1CCN(C(=O)[C@@H](Cc2ccc(Cl)cc2)NC(=O)OC(C)(C)C)CC1. The topological polar surface area (TPSA) is 65.1 Å². The van der Waals surface area contributed by atoms with Gasteiger partial charge in [0, 0.05) is 50.2 Å². The molecule has 0 saturated carbocycles. The number of alkyl carbamates (subject to hydrolysis) is 1. The van der Waals surface area contributed by atoms with E-state index in [1.54, 1.807) is 12.1 Å². The number of piperazine rings is 1. The largest absolute Gasteiger partial charge is 0.444 e. The van der Waals surface area contributed by atoms with E-state index in [1.165, 1.54) is 5.56 Å². The van der Waals surface area contributed by atoms with E-state index in [9.17, 15) is 9.59 Å². The average Bonchev–Trinajstić information content (AvgIpc) is 2.89. The molecule has 7 nitrogen and oxygen atoms in total. The van der Waals surface area contributed by atoms with E-state index in [-0.39, 0.29) is 11.9 Å². The first-order valence-electron chi connectivity index (χ1n) is 13.6. The second-order valence-corrected chi connectivity index (χ2v) is 11.2. The zero-order chi connectivity index (χ0) is 27.7. The highest BCUT2D eigenvalue weighted by atomic mass is 35.5. The maximum atomic E-state index is 13.7. The number of nitrogens with zero attached hydrogens (tertiary/aromatic N) is 3. The zero-order valence-corrected chi connectivity index (χ0v) is 24.2. The van der Waals surface area contributed by atoms with Crippen LogP contribution in [0.2, 0.25) is 5.02 Å². The minimum Gasteiger partial charge on any atom is -0.444 e. The summed E-state index contributed by atoms with van der Waals surface area (Å²) in [5.74, 6) is -0.0922. The first kappa shape index (κ1) is 29.9. The van der Waals surface area contributed by atoms with Crippen molar-refractivity contribution in [3.63, 3.8) is 0 Å². The molecule has 1 aliphatic heterocycles. The number of likely N-dealkylation sites (N-methyl/N-ethyl adjacent to an activating group) is 1. The molecule has 208 valence electrons. The quantitative estimate of drug-likeness (QED) is 0.457. The van der Waals surface area contributed by atoms with Gasteiger partial charge >= 0.3 is 6.09 Å². The van der Waals surface area contributed by atoms with Gasteiger partial charge in [-0.2, -0.15) is 0 Å². The fraction of sp³-hybridized carbons (Fsp3) is 0.533. The van der Waals surface area contributed by atoms with Crippen molar-refractivity contribution >= 4 is 23.6 Å². The standard InChI is InChI=1S/C30H43ClN4O3/c1-6-33(7-2)22-27(24-11-9-8-10-12-24)34-17-19-35(20-18-34)28(36)26(32-29(37)38-30(3,4)5)21-23-13-15-25(31)16-14-23/h8-16,26-27H,6-7,17-22H2,1-5H3,(H,32,37)/t26-,27?/m1/s1. The van der Waals surface area contributed by atoms with Crippen LogP contribution in [-0.2, 0) is 16.0 Å². The van der Waals surface area contributed by atoms with Crippen LogP contribution in [0.4, 0.5) is 4.79 Å². The van der Waals surface area contributed by atoms with Crippen LogP contribution in [0.15, 0.2) is 54.6 Å². The van der Waals surface area contributed by atoms with Gasteiger partial charge in [-0.15, -0.1) is 0 Å². The molecule has 1 N–H and O–H groups in total. The van der Waals surface area contributed by atoms with Crippen molar-refractivity contribution in [1.29, 1.82) is 0 Å². The lowest BCUT2D eigenvalue weighted by Gasteiger charge is -2.42. The molecule has 1 saturated heterocycles. The van der Waals surface area contributed by atoms with E-state index in [2.05, 4.69) is 53.2 Å². The predicted molar refractivity (Wildman–Crippen MR) is 153 cm³/mol. The van der Waals surface area contributed by atoms with Gasteiger partial charge in [-0.1, -0.05) is 67.9 Å². The summed E-state index contributed by atoms with van der Waals surface area (Å²) in [5.41, 5.74) is 1.57. The Labute approximate surface area is 233 Å². The first-order valence-corrected chi connectivity index (χ1v) is 14.0. The number of rotatable bonds is 10. The minimum absolute atomic E-state index is 0.0922. The van der Waals surface area contributed by atoms with Gasteiger partial charge in [0.15, 0.2) is 0 Å². The fourth-order valence-corrected chi connectivity index (χ4v) is 4.94. The van der Waals surface area contributed by atoms with Crippen molar-refractivity contribution in [3.05, 3.63) is 70.7 Å². The molecule has 0 radical (unpaired) electrons. The van der Waals surface area contributed by atoms with E-state index >= 15 is 0 Å². The summed E-state index contributed by atoms with van der Waals surface area (Å²) in [6, 6.07) is 17.5. The molecular weight excluding hydrogens is 500 g/mol. The van der Waals surface area contributed by atoms with Crippen LogP contribution in [0.5, 0.6) is 0 Å². The van der Waals surface area contributed by atoms with Gasteiger partial charge in [0.2, 0.25) is 5.91 Å². The molecular formula is C30H43ClN4O3. The molecule has 3 rings (SSSR count). The van der Waals surface area contributed by atoms with Gasteiger partial charge in [0.25, 0.3) is 0 Å². The van der Waals surface area contributed by atoms with Crippen molar-refractivity contribution < 1.29 is 14.3 Å². The van der Waals surface area contributed by atoms with Crippen molar-refractivity contribution in [1.82, 2.24) is 20.0 Å². The van der Waals surface area contributed by atoms with Crippen LogP contribution in [0.3, 0.4) is 0 Å². The van der Waals surface area contributed by atoms with Crippen molar-refractivity contribution in [2.24, 2.45) is 0 Å². The van der Waals surface area contributed by atoms with E-state index in [0.29, 0.717) is 24.5 Å². The van der Waals surface area contributed by atoms with E-state index < -0.39 is 17.7 Å². The Morgan fingerprint density at radius 3 is 2.13 bits per heavy atom. The number of amides is 2. The molecule has 2 atom stereocenters. The summed E-state index contributed by atoms with van der Waals surface area (Å²) < 4.78 is 5.46. The fourth-order valence-electron chi connectivity index (χ4n) is 4.81. The normalized spacial score (nSPS) is 16.2. The second-order valence-electron chi connectivity index (χ2n) is 10.8. The monoisotopic (exact) mass is 542 g/mol. The molecule has 2 aromatic rings. The zero-order valence-electron chi connectivity index (χ0n) is 23.5. The number of halogens is 1. The predicted octanol–water partition coefficient (Wildman–Crippen LogP) is 5.00. The lowest BCUT2D eigenvalue weighted by molar-refractivity contribution is -0.135. The third-order valence-corrected chi connectivity index (χ3v) is 7.17. The van der Waals surface area contributed by atoms with Gasteiger partial charge in [-0.25, -0.2) is 4.79 Å². The van der Waals surface area contributed by atoms with Crippen LogP contribution in [0.1, 0.15) is 51.8 Å². The molecule has 1 aliphatic rings. The summed E-state index contributed by atoms with van der Waals surface area (Å²) in [4.78, 5) is 33.1. The Balaban J connectivity index is 1.71. The van der Waals surface area contributed by atoms with Crippen LogP contribution in [0.25, 0.3) is 0 Å². The summed E-state index contributed by atoms with van der Waals surface area (Å²) in [7, 11) is 0. The number of hydrogen-bond acceptors (Lipinski definition) is 5. The molecule has 1 fully saturated rings. The summed E-state index contributed by atoms with van der Waals surface area (Å²) in [6.07, 6.45) is -0.226. The van der Waals surface area contributed by atoms with Crippen molar-refractivity contribution in [2.45, 2.75) is 58.7 Å². The minimum atomic E-state index is -0.724. The maximum absolute atomic E-state index is 13.7. The van der Waals surface area contributed by atoms with Gasteiger partial charge in [-0.05, 0) is 57.1 Å². The Bertz CT molecular complexity index is 1010.